The molecular weight excluding hydrogens is 520 g/mol. The third kappa shape index (κ3) is 3.92. The van der Waals surface area contributed by atoms with E-state index in [2.05, 4.69) is 40.8 Å². The summed E-state index contributed by atoms with van der Waals surface area (Å²) in [5, 5.41) is 29.4. The summed E-state index contributed by atoms with van der Waals surface area (Å²) in [7, 11) is 0. The predicted octanol–water partition coefficient (Wildman–Crippen LogP) is 5.42. The molecule has 7 nitrogen and oxygen atoms in total. The van der Waals surface area contributed by atoms with Crippen LogP contribution in [0.25, 0.3) is 6.08 Å². The van der Waals surface area contributed by atoms with E-state index in [0.717, 1.165) is 25.7 Å². The number of hydrogen-bond acceptors (Lipinski definition) is 7. The van der Waals surface area contributed by atoms with Gasteiger partial charge in [-0.25, -0.2) is 9.97 Å². The Morgan fingerprint density at radius 1 is 1.12 bits per heavy atom. The molecule has 5 aliphatic rings. The molecule has 8 heteroatoms. The molecule has 0 aliphatic heterocycles. The number of carbonyl (C=O) groups is 1. The summed E-state index contributed by atoms with van der Waals surface area (Å²) in [6.07, 6.45) is 18.3. The van der Waals surface area contributed by atoms with Gasteiger partial charge < -0.3 is 10.2 Å². The van der Waals surface area contributed by atoms with Gasteiger partial charge in [0, 0.05) is 17.8 Å². The number of thioether (sulfide) groups is 1. The van der Waals surface area contributed by atoms with Gasteiger partial charge in [-0.15, -0.1) is 0 Å². The van der Waals surface area contributed by atoms with Crippen LogP contribution in [0.4, 0.5) is 0 Å². The summed E-state index contributed by atoms with van der Waals surface area (Å²) in [5.41, 5.74) is 1.90. The molecule has 40 heavy (non-hydrogen) atoms. The number of ketones is 1. The van der Waals surface area contributed by atoms with E-state index in [9.17, 15) is 15.0 Å². The van der Waals surface area contributed by atoms with Gasteiger partial charge in [0.1, 0.15) is 5.60 Å². The Morgan fingerprint density at radius 2 is 1.90 bits per heavy atom. The van der Waals surface area contributed by atoms with Crippen molar-refractivity contribution in [2.24, 2.45) is 28.6 Å². The molecule has 3 unspecified atom stereocenters. The van der Waals surface area contributed by atoms with Gasteiger partial charge >= 0.3 is 0 Å². The topological polar surface area (TPSA) is 101 Å². The van der Waals surface area contributed by atoms with E-state index < -0.39 is 17.1 Å². The lowest BCUT2D eigenvalue weighted by atomic mass is 9.45. The van der Waals surface area contributed by atoms with Gasteiger partial charge in [0.05, 0.1) is 29.8 Å². The van der Waals surface area contributed by atoms with Gasteiger partial charge in [0.2, 0.25) is 0 Å². The lowest BCUT2D eigenvalue weighted by Gasteiger charge is -2.60. The van der Waals surface area contributed by atoms with E-state index in [4.69, 9.17) is 5.10 Å². The molecule has 0 saturated heterocycles. The Morgan fingerprint density at radius 3 is 2.67 bits per heavy atom. The molecule has 0 amide bonds. The quantitative estimate of drug-likeness (QED) is 0.370. The number of allylic oxidation sites excluding steroid dienone is 1. The number of fused-ring (bicyclic) bond motifs is 6. The van der Waals surface area contributed by atoms with Crippen LogP contribution in [0.3, 0.4) is 0 Å². The molecule has 7 rings (SSSR count). The molecular formula is C32H42N4O3S. The van der Waals surface area contributed by atoms with Crippen molar-refractivity contribution in [3.8, 4) is 0 Å². The van der Waals surface area contributed by atoms with Crippen molar-refractivity contribution < 1.29 is 15.0 Å². The second kappa shape index (κ2) is 9.77. The van der Waals surface area contributed by atoms with Crippen LogP contribution in [0.1, 0.15) is 95.4 Å². The van der Waals surface area contributed by atoms with Gasteiger partial charge in [-0.1, -0.05) is 50.4 Å². The lowest BCUT2D eigenvalue weighted by Crippen LogP contribution is -2.62. The zero-order valence-corrected chi connectivity index (χ0v) is 24.6. The lowest BCUT2D eigenvalue weighted by molar-refractivity contribution is -0.177. The SMILES string of the molecule is C[C@]12Cc3cnn(C4CCCCC4)c3C=C1CCC1C2[C@@H](O)C[C@@]2(C)C1CC[C@]2(O)C(=O)CSc1ncccn1. The second-order valence-corrected chi connectivity index (χ2v) is 14.7. The first kappa shape index (κ1) is 26.8. The van der Waals surface area contributed by atoms with Crippen molar-refractivity contribution in [3.63, 3.8) is 0 Å². The van der Waals surface area contributed by atoms with Crippen molar-refractivity contribution in [1.29, 1.82) is 0 Å². The van der Waals surface area contributed by atoms with E-state index >= 15 is 0 Å². The number of carbonyl (C=O) groups excluding carboxylic acids is 1. The van der Waals surface area contributed by atoms with Crippen LogP contribution in [-0.4, -0.2) is 53.2 Å². The number of rotatable bonds is 5. The maximum Gasteiger partial charge on any atom is 0.187 e. The Labute approximate surface area is 241 Å². The Bertz CT molecular complexity index is 1320. The summed E-state index contributed by atoms with van der Waals surface area (Å²) in [6.45, 7) is 4.44. The molecule has 2 aromatic heterocycles. The highest BCUT2D eigenvalue weighted by Gasteiger charge is 2.68. The zero-order chi connectivity index (χ0) is 27.7. The van der Waals surface area contributed by atoms with Crippen LogP contribution in [0.15, 0.2) is 35.4 Å². The summed E-state index contributed by atoms with van der Waals surface area (Å²) in [4.78, 5) is 22.0. The third-order valence-electron chi connectivity index (χ3n) is 11.9. The highest BCUT2D eigenvalue weighted by Crippen LogP contribution is 2.67. The maximum absolute atomic E-state index is 13.6. The zero-order valence-electron chi connectivity index (χ0n) is 23.8. The third-order valence-corrected chi connectivity index (χ3v) is 12.7. The fourth-order valence-electron chi connectivity index (χ4n) is 9.89. The molecule has 5 aliphatic carbocycles. The summed E-state index contributed by atoms with van der Waals surface area (Å²) in [6, 6.07) is 2.26. The first-order valence-corrected chi connectivity index (χ1v) is 16.3. The van der Waals surface area contributed by atoms with Gasteiger partial charge in [-0.05, 0) is 92.2 Å². The normalized spacial score (nSPS) is 39.0. The van der Waals surface area contributed by atoms with E-state index in [1.54, 1.807) is 18.5 Å². The molecule has 214 valence electrons. The summed E-state index contributed by atoms with van der Waals surface area (Å²) < 4.78 is 2.31. The highest BCUT2D eigenvalue weighted by atomic mass is 32.2. The fourth-order valence-corrected chi connectivity index (χ4v) is 10.7. The molecule has 2 aromatic rings. The van der Waals surface area contributed by atoms with Crippen molar-refractivity contribution >= 4 is 23.6 Å². The number of aliphatic hydroxyl groups is 2. The van der Waals surface area contributed by atoms with Crippen molar-refractivity contribution in [1.82, 2.24) is 19.7 Å². The van der Waals surface area contributed by atoms with Crippen LogP contribution >= 0.6 is 11.8 Å². The Kier molecular flexibility index (Phi) is 6.56. The highest BCUT2D eigenvalue weighted by molar-refractivity contribution is 7.99. The fraction of sp³-hybridized carbons (Fsp3) is 0.688. The number of aliphatic hydroxyl groups excluding tert-OH is 1. The minimum Gasteiger partial charge on any atom is -0.393 e. The standard InChI is InChI=1S/C32H42N4O3S/c1-30-16-20-18-35-36(22-7-4-3-5-8-22)25(20)15-21(30)9-10-23-24-11-12-32(39,31(24,2)17-26(37)28(23)30)27(38)19-40-29-33-13-6-14-34-29/h6,13-15,18,22-24,26,28,37,39H,3-5,7-12,16-17,19H2,1-2H3/t23?,24?,26-,28?,30-,31-,32-/m0/s1. The molecule has 0 spiro atoms. The monoisotopic (exact) mass is 562 g/mol. The average molecular weight is 563 g/mol. The van der Waals surface area contributed by atoms with Crippen molar-refractivity contribution in [2.75, 3.05) is 5.75 Å². The summed E-state index contributed by atoms with van der Waals surface area (Å²) >= 11 is 1.29. The molecule has 4 saturated carbocycles. The Hall–Kier alpha value is -2.03. The smallest absolute Gasteiger partial charge is 0.187 e. The first-order valence-electron chi connectivity index (χ1n) is 15.4. The minimum absolute atomic E-state index is 0.123. The molecule has 2 heterocycles. The number of hydrogen-bond donors (Lipinski definition) is 2. The van der Waals surface area contributed by atoms with Crippen molar-refractivity contribution in [2.45, 2.75) is 107 Å². The van der Waals surface area contributed by atoms with Crippen LogP contribution in [0.2, 0.25) is 0 Å². The van der Waals surface area contributed by atoms with Crippen LogP contribution in [0, 0.1) is 28.6 Å². The van der Waals surface area contributed by atoms with Gasteiger partial charge in [-0.3, -0.25) is 9.48 Å². The molecule has 2 N–H and O–H groups in total. The summed E-state index contributed by atoms with van der Waals surface area (Å²) in [5.74, 6) is 0.628. The van der Waals surface area contributed by atoms with E-state index in [1.165, 1.54) is 60.7 Å². The number of Topliss-reactive ketones (excluding diaryl/α,β-unsaturated/α-hetero) is 1. The van der Waals surface area contributed by atoms with E-state index in [-0.39, 0.29) is 34.7 Å². The Balaban J connectivity index is 1.14. The van der Waals surface area contributed by atoms with Crippen LogP contribution in [-0.2, 0) is 11.2 Å². The molecule has 0 aromatic carbocycles. The minimum atomic E-state index is -1.43. The molecule has 7 atom stereocenters. The van der Waals surface area contributed by atoms with E-state index in [1.807, 2.05) is 0 Å². The predicted molar refractivity (Wildman–Crippen MR) is 155 cm³/mol. The van der Waals surface area contributed by atoms with Gasteiger partial charge in [-0.2, -0.15) is 5.10 Å². The van der Waals surface area contributed by atoms with Crippen LogP contribution in [0.5, 0.6) is 0 Å². The second-order valence-electron chi connectivity index (χ2n) is 13.7. The van der Waals surface area contributed by atoms with Crippen LogP contribution < -0.4 is 0 Å². The van der Waals surface area contributed by atoms with Gasteiger partial charge in [0.15, 0.2) is 10.9 Å². The van der Waals surface area contributed by atoms with E-state index in [0.29, 0.717) is 24.0 Å². The van der Waals surface area contributed by atoms with Crippen molar-refractivity contribution in [3.05, 3.63) is 41.5 Å². The molecule has 4 fully saturated rings. The number of aromatic nitrogens is 4. The average Bonchev–Trinajstić information content (AvgIpc) is 3.48. The number of nitrogens with zero attached hydrogens (tertiary/aromatic N) is 4. The van der Waals surface area contributed by atoms with Gasteiger partial charge in [0.25, 0.3) is 0 Å². The first-order chi connectivity index (χ1) is 19.2. The maximum atomic E-state index is 13.6. The molecule has 0 bridgehead atoms. The molecule has 0 radical (unpaired) electrons. The largest absolute Gasteiger partial charge is 0.393 e.